The first-order valence-corrected chi connectivity index (χ1v) is 11.0. The van der Waals surface area contributed by atoms with Crippen LogP contribution in [-0.2, 0) is 14.8 Å². The smallest absolute Gasteiger partial charge is 0.243 e. The number of carbonyl (C=O) groups is 1. The number of hydrogen-bond donors (Lipinski definition) is 2. The Morgan fingerprint density at radius 2 is 1.79 bits per heavy atom. The number of hydrogen-bond acceptors (Lipinski definition) is 4. The second-order valence-electron chi connectivity index (χ2n) is 6.21. The van der Waals surface area contributed by atoms with E-state index in [-0.39, 0.29) is 22.4 Å². The van der Waals surface area contributed by atoms with Crippen LogP contribution in [0.15, 0.2) is 47.4 Å². The maximum Gasteiger partial charge on any atom is 0.243 e. The van der Waals surface area contributed by atoms with E-state index in [9.17, 15) is 13.2 Å². The molecule has 0 saturated heterocycles. The van der Waals surface area contributed by atoms with Crippen LogP contribution < -0.4 is 10.6 Å². The minimum absolute atomic E-state index is 0.00859. The first kappa shape index (κ1) is 22.5. The summed E-state index contributed by atoms with van der Waals surface area (Å²) >= 11 is 12.0. The van der Waals surface area contributed by atoms with Crippen molar-refractivity contribution < 1.29 is 13.2 Å². The van der Waals surface area contributed by atoms with E-state index in [0.29, 0.717) is 22.9 Å². The fourth-order valence-corrected chi connectivity index (χ4v) is 3.96. The molecule has 2 N–H and O–H groups in total. The predicted octanol–water partition coefficient (Wildman–Crippen LogP) is 4.46. The van der Waals surface area contributed by atoms with Crippen molar-refractivity contribution >= 4 is 50.5 Å². The number of anilines is 2. The van der Waals surface area contributed by atoms with Crippen LogP contribution in [-0.4, -0.2) is 38.8 Å². The zero-order valence-electron chi connectivity index (χ0n) is 15.7. The highest BCUT2D eigenvalue weighted by molar-refractivity contribution is 7.89. The highest BCUT2D eigenvalue weighted by atomic mass is 35.5. The minimum Gasteiger partial charge on any atom is -0.376 e. The molecule has 0 saturated carbocycles. The van der Waals surface area contributed by atoms with E-state index in [1.54, 1.807) is 37.4 Å². The summed E-state index contributed by atoms with van der Waals surface area (Å²) in [5.74, 6) is -0.305. The lowest BCUT2D eigenvalue weighted by atomic mass is 10.3. The van der Waals surface area contributed by atoms with E-state index in [2.05, 4.69) is 10.6 Å². The lowest BCUT2D eigenvalue weighted by Gasteiger charge is -2.17. The van der Waals surface area contributed by atoms with Gasteiger partial charge in [-0.15, -0.1) is 0 Å². The van der Waals surface area contributed by atoms with Crippen molar-refractivity contribution in [2.75, 3.05) is 30.8 Å². The molecule has 0 unspecified atom stereocenters. The monoisotopic (exact) mass is 443 g/mol. The molecule has 2 aromatic carbocycles. The molecule has 0 fully saturated rings. The summed E-state index contributed by atoms with van der Waals surface area (Å²) in [7, 11) is -1.94. The normalized spacial score (nSPS) is 11.5. The van der Waals surface area contributed by atoms with Gasteiger partial charge in [-0.2, -0.15) is 0 Å². The summed E-state index contributed by atoms with van der Waals surface area (Å²) in [5.41, 5.74) is 1.06. The van der Waals surface area contributed by atoms with Gasteiger partial charge in [0.05, 0.1) is 27.2 Å². The van der Waals surface area contributed by atoms with E-state index in [1.807, 2.05) is 6.92 Å². The van der Waals surface area contributed by atoms with Crippen molar-refractivity contribution in [3.8, 4) is 0 Å². The highest BCUT2D eigenvalue weighted by Gasteiger charge is 2.19. The molecule has 0 aliphatic carbocycles. The fourth-order valence-electron chi connectivity index (χ4n) is 2.40. The number of carbonyl (C=O) groups excluding carboxylic acids is 1. The standard InChI is InChI=1S/C19H23Cl2N3O3S/c1-3-4-12-24(2)28(26,27)15-10-8-14(9-11-15)22-13-18(25)23-17-7-5-6-16(20)19(17)21/h5-11,22H,3-4,12-13H2,1-2H3,(H,23,25). The van der Waals surface area contributed by atoms with Crippen LogP contribution in [0.4, 0.5) is 11.4 Å². The lowest BCUT2D eigenvalue weighted by Crippen LogP contribution is -2.28. The van der Waals surface area contributed by atoms with Gasteiger partial charge in [0.25, 0.3) is 0 Å². The molecule has 152 valence electrons. The van der Waals surface area contributed by atoms with Gasteiger partial charge in [0.1, 0.15) is 0 Å². The van der Waals surface area contributed by atoms with E-state index >= 15 is 0 Å². The molecule has 0 aliphatic heterocycles. The summed E-state index contributed by atoms with van der Waals surface area (Å²) < 4.78 is 26.3. The Balaban J connectivity index is 1.95. The van der Waals surface area contributed by atoms with Gasteiger partial charge in [-0.1, -0.05) is 42.6 Å². The molecule has 0 spiro atoms. The van der Waals surface area contributed by atoms with Crippen molar-refractivity contribution in [1.29, 1.82) is 0 Å². The Kier molecular flexibility index (Phi) is 8.12. The van der Waals surface area contributed by atoms with E-state index in [0.717, 1.165) is 12.8 Å². The predicted molar refractivity (Wildman–Crippen MR) is 115 cm³/mol. The summed E-state index contributed by atoms with van der Waals surface area (Å²) in [6.07, 6.45) is 1.73. The first-order chi connectivity index (χ1) is 13.3. The fraction of sp³-hybridized carbons (Fsp3) is 0.316. The summed E-state index contributed by atoms with van der Waals surface area (Å²) in [6, 6.07) is 11.3. The van der Waals surface area contributed by atoms with Crippen LogP contribution in [0.5, 0.6) is 0 Å². The molecule has 2 aromatic rings. The largest absolute Gasteiger partial charge is 0.376 e. The summed E-state index contributed by atoms with van der Waals surface area (Å²) in [5, 5.41) is 6.25. The molecular formula is C19H23Cl2N3O3S. The number of nitrogens with zero attached hydrogens (tertiary/aromatic N) is 1. The number of amides is 1. The zero-order chi connectivity index (χ0) is 20.7. The molecule has 2 rings (SSSR count). The quantitative estimate of drug-likeness (QED) is 0.599. The molecule has 9 heteroatoms. The van der Waals surface area contributed by atoms with Crippen LogP contribution >= 0.6 is 23.2 Å². The van der Waals surface area contributed by atoms with Crippen molar-refractivity contribution in [3.05, 3.63) is 52.5 Å². The third kappa shape index (κ3) is 5.85. The van der Waals surface area contributed by atoms with Crippen LogP contribution in [0, 0.1) is 0 Å². The van der Waals surface area contributed by atoms with Crippen LogP contribution in [0.3, 0.4) is 0 Å². The maximum absolute atomic E-state index is 12.5. The molecule has 0 heterocycles. The van der Waals surface area contributed by atoms with E-state index < -0.39 is 10.0 Å². The third-order valence-corrected chi connectivity index (χ3v) is 6.76. The van der Waals surface area contributed by atoms with Gasteiger partial charge < -0.3 is 10.6 Å². The molecule has 6 nitrogen and oxygen atoms in total. The number of nitrogens with one attached hydrogen (secondary N) is 2. The Bertz CT molecular complexity index is 919. The van der Waals surface area contributed by atoms with Gasteiger partial charge in [0, 0.05) is 19.3 Å². The van der Waals surface area contributed by atoms with Gasteiger partial charge >= 0.3 is 0 Å². The van der Waals surface area contributed by atoms with Crippen LogP contribution in [0.2, 0.25) is 10.0 Å². The minimum atomic E-state index is -3.51. The summed E-state index contributed by atoms with van der Waals surface area (Å²) in [6.45, 7) is 2.48. The maximum atomic E-state index is 12.5. The average molecular weight is 444 g/mol. The van der Waals surface area contributed by atoms with Crippen molar-refractivity contribution in [3.63, 3.8) is 0 Å². The Morgan fingerprint density at radius 1 is 1.11 bits per heavy atom. The van der Waals surface area contributed by atoms with Crippen molar-refractivity contribution in [1.82, 2.24) is 4.31 Å². The average Bonchev–Trinajstić information content (AvgIpc) is 2.68. The molecular weight excluding hydrogens is 421 g/mol. The molecule has 0 bridgehead atoms. The molecule has 0 aliphatic rings. The van der Waals surface area contributed by atoms with E-state index in [4.69, 9.17) is 23.2 Å². The van der Waals surface area contributed by atoms with Gasteiger partial charge in [-0.3, -0.25) is 4.79 Å². The van der Waals surface area contributed by atoms with Crippen LogP contribution in [0.25, 0.3) is 0 Å². The van der Waals surface area contributed by atoms with Gasteiger partial charge in [0.2, 0.25) is 15.9 Å². The second kappa shape index (κ2) is 10.1. The number of benzene rings is 2. The number of sulfonamides is 1. The van der Waals surface area contributed by atoms with Crippen LogP contribution in [0.1, 0.15) is 19.8 Å². The molecule has 0 atom stereocenters. The molecule has 28 heavy (non-hydrogen) atoms. The molecule has 0 radical (unpaired) electrons. The topological polar surface area (TPSA) is 78.5 Å². The Morgan fingerprint density at radius 3 is 2.43 bits per heavy atom. The van der Waals surface area contributed by atoms with Gasteiger partial charge in [0.15, 0.2) is 0 Å². The van der Waals surface area contributed by atoms with Crippen molar-refractivity contribution in [2.45, 2.75) is 24.7 Å². The Hall–Kier alpha value is -1.80. The lowest BCUT2D eigenvalue weighted by molar-refractivity contribution is -0.114. The van der Waals surface area contributed by atoms with E-state index in [1.165, 1.54) is 16.4 Å². The third-order valence-electron chi connectivity index (χ3n) is 4.07. The second-order valence-corrected chi connectivity index (χ2v) is 9.04. The number of unbranched alkanes of at least 4 members (excludes halogenated alkanes) is 1. The SMILES string of the molecule is CCCCN(C)S(=O)(=O)c1ccc(NCC(=O)Nc2cccc(Cl)c2Cl)cc1. The molecule has 0 aromatic heterocycles. The highest BCUT2D eigenvalue weighted by Crippen LogP contribution is 2.29. The number of rotatable bonds is 9. The molecule has 1 amide bonds. The Labute approximate surface area is 175 Å². The zero-order valence-corrected chi connectivity index (χ0v) is 18.0. The summed E-state index contributed by atoms with van der Waals surface area (Å²) in [4.78, 5) is 12.3. The van der Waals surface area contributed by atoms with Gasteiger partial charge in [-0.25, -0.2) is 12.7 Å². The first-order valence-electron chi connectivity index (χ1n) is 8.80. The van der Waals surface area contributed by atoms with Crippen molar-refractivity contribution in [2.24, 2.45) is 0 Å². The number of halogens is 2. The van der Waals surface area contributed by atoms with Gasteiger partial charge in [-0.05, 0) is 42.8 Å².